The standard InChI is InChI=1S/C12H14N2O/c1-9-3-4-11(10(5-9)7-15)12-6-13-8-14(12)2/h3-6,8,15H,7H2,1-2H3. The number of rotatable bonds is 2. The second-order valence-electron chi connectivity index (χ2n) is 3.71. The molecule has 0 atom stereocenters. The number of benzene rings is 1. The van der Waals surface area contributed by atoms with Crippen molar-refractivity contribution in [3.05, 3.63) is 41.9 Å². The molecule has 3 nitrogen and oxygen atoms in total. The molecule has 2 rings (SSSR count). The largest absolute Gasteiger partial charge is 0.392 e. The molecule has 1 aromatic carbocycles. The van der Waals surface area contributed by atoms with Crippen LogP contribution in [-0.2, 0) is 13.7 Å². The van der Waals surface area contributed by atoms with Gasteiger partial charge in [-0.05, 0) is 12.5 Å². The molecule has 0 aliphatic heterocycles. The summed E-state index contributed by atoms with van der Waals surface area (Å²) in [4.78, 5) is 4.08. The van der Waals surface area contributed by atoms with E-state index >= 15 is 0 Å². The highest BCUT2D eigenvalue weighted by Crippen LogP contribution is 2.23. The predicted octanol–water partition coefficient (Wildman–Crippen LogP) is 1.89. The van der Waals surface area contributed by atoms with E-state index in [-0.39, 0.29) is 6.61 Å². The summed E-state index contributed by atoms with van der Waals surface area (Å²) in [5.74, 6) is 0. The first-order valence-electron chi connectivity index (χ1n) is 4.89. The third-order valence-electron chi connectivity index (χ3n) is 2.52. The van der Waals surface area contributed by atoms with Gasteiger partial charge in [-0.3, -0.25) is 0 Å². The lowest BCUT2D eigenvalue weighted by molar-refractivity contribution is 0.282. The van der Waals surface area contributed by atoms with Crippen LogP contribution in [0.1, 0.15) is 11.1 Å². The van der Waals surface area contributed by atoms with Crippen LogP contribution >= 0.6 is 0 Å². The number of aryl methyl sites for hydroxylation is 2. The van der Waals surface area contributed by atoms with Crippen molar-refractivity contribution in [3.63, 3.8) is 0 Å². The number of aliphatic hydroxyl groups is 1. The van der Waals surface area contributed by atoms with Crippen molar-refractivity contribution in [2.75, 3.05) is 0 Å². The van der Waals surface area contributed by atoms with Crippen LogP contribution in [0.15, 0.2) is 30.7 Å². The van der Waals surface area contributed by atoms with Crippen molar-refractivity contribution in [1.29, 1.82) is 0 Å². The van der Waals surface area contributed by atoms with Gasteiger partial charge in [0.15, 0.2) is 0 Å². The van der Waals surface area contributed by atoms with Crippen molar-refractivity contribution in [2.45, 2.75) is 13.5 Å². The lowest BCUT2D eigenvalue weighted by Crippen LogP contribution is -1.95. The van der Waals surface area contributed by atoms with Gasteiger partial charge in [-0.2, -0.15) is 0 Å². The smallest absolute Gasteiger partial charge is 0.0948 e. The molecular weight excluding hydrogens is 188 g/mol. The summed E-state index contributed by atoms with van der Waals surface area (Å²) in [6, 6.07) is 6.07. The van der Waals surface area contributed by atoms with Gasteiger partial charge in [-0.25, -0.2) is 4.98 Å². The number of nitrogens with zero attached hydrogens (tertiary/aromatic N) is 2. The predicted molar refractivity (Wildman–Crippen MR) is 59.3 cm³/mol. The van der Waals surface area contributed by atoms with E-state index in [0.717, 1.165) is 22.4 Å². The minimum Gasteiger partial charge on any atom is -0.392 e. The Bertz CT molecular complexity index is 474. The maximum Gasteiger partial charge on any atom is 0.0948 e. The van der Waals surface area contributed by atoms with Crippen LogP contribution in [0.3, 0.4) is 0 Å². The van der Waals surface area contributed by atoms with Gasteiger partial charge in [0.2, 0.25) is 0 Å². The fraction of sp³-hybridized carbons (Fsp3) is 0.250. The first-order valence-corrected chi connectivity index (χ1v) is 4.89. The average Bonchev–Trinajstić information content (AvgIpc) is 2.64. The molecule has 1 N–H and O–H groups in total. The van der Waals surface area contributed by atoms with Crippen LogP contribution in [-0.4, -0.2) is 14.7 Å². The van der Waals surface area contributed by atoms with Crippen molar-refractivity contribution in [2.24, 2.45) is 7.05 Å². The van der Waals surface area contributed by atoms with E-state index in [4.69, 9.17) is 0 Å². The lowest BCUT2D eigenvalue weighted by Gasteiger charge is -2.08. The number of hydrogen-bond donors (Lipinski definition) is 1. The molecule has 2 aromatic rings. The Kier molecular flexibility index (Phi) is 2.56. The summed E-state index contributed by atoms with van der Waals surface area (Å²) in [5, 5.41) is 9.30. The SMILES string of the molecule is Cc1ccc(-c2cncn2C)c(CO)c1. The van der Waals surface area contributed by atoms with E-state index in [2.05, 4.69) is 4.98 Å². The van der Waals surface area contributed by atoms with E-state index in [1.807, 2.05) is 42.9 Å². The second-order valence-corrected chi connectivity index (χ2v) is 3.71. The normalized spacial score (nSPS) is 10.6. The molecule has 1 heterocycles. The molecule has 0 unspecified atom stereocenters. The zero-order valence-corrected chi connectivity index (χ0v) is 8.94. The maximum atomic E-state index is 9.30. The second kappa shape index (κ2) is 3.87. The van der Waals surface area contributed by atoms with Gasteiger partial charge in [-0.1, -0.05) is 23.8 Å². The summed E-state index contributed by atoms with van der Waals surface area (Å²) < 4.78 is 1.95. The fourth-order valence-corrected chi connectivity index (χ4v) is 1.72. The Morgan fingerprint density at radius 3 is 2.80 bits per heavy atom. The molecule has 15 heavy (non-hydrogen) atoms. The van der Waals surface area contributed by atoms with E-state index in [9.17, 15) is 5.11 Å². The van der Waals surface area contributed by atoms with Crippen LogP contribution in [0.4, 0.5) is 0 Å². The lowest BCUT2D eigenvalue weighted by atomic mass is 10.0. The molecule has 0 spiro atoms. The van der Waals surface area contributed by atoms with Gasteiger partial charge in [0.05, 0.1) is 24.8 Å². The summed E-state index contributed by atoms with van der Waals surface area (Å²) in [6.45, 7) is 2.08. The van der Waals surface area contributed by atoms with Crippen LogP contribution in [0.2, 0.25) is 0 Å². The zero-order chi connectivity index (χ0) is 10.8. The van der Waals surface area contributed by atoms with Crippen molar-refractivity contribution < 1.29 is 5.11 Å². The highest BCUT2D eigenvalue weighted by atomic mass is 16.3. The number of aliphatic hydroxyl groups excluding tert-OH is 1. The fourth-order valence-electron chi connectivity index (χ4n) is 1.72. The number of hydrogen-bond acceptors (Lipinski definition) is 2. The highest BCUT2D eigenvalue weighted by Gasteiger charge is 2.07. The third-order valence-corrected chi connectivity index (χ3v) is 2.52. The van der Waals surface area contributed by atoms with Gasteiger partial charge >= 0.3 is 0 Å². The van der Waals surface area contributed by atoms with Crippen LogP contribution < -0.4 is 0 Å². The molecule has 0 saturated heterocycles. The summed E-state index contributed by atoms with van der Waals surface area (Å²) in [5.41, 5.74) is 4.17. The van der Waals surface area contributed by atoms with Gasteiger partial charge < -0.3 is 9.67 Å². The summed E-state index contributed by atoms with van der Waals surface area (Å²) in [6.07, 6.45) is 3.57. The molecule has 0 amide bonds. The Morgan fingerprint density at radius 2 is 2.20 bits per heavy atom. The summed E-state index contributed by atoms with van der Waals surface area (Å²) >= 11 is 0. The van der Waals surface area contributed by atoms with Crippen LogP contribution in [0.5, 0.6) is 0 Å². The first-order chi connectivity index (χ1) is 7.22. The molecule has 0 saturated carbocycles. The first kappa shape index (κ1) is 9.93. The van der Waals surface area contributed by atoms with E-state index < -0.39 is 0 Å². The Hall–Kier alpha value is -1.61. The quantitative estimate of drug-likeness (QED) is 0.807. The minimum absolute atomic E-state index is 0.0577. The highest BCUT2D eigenvalue weighted by molar-refractivity contribution is 5.64. The Labute approximate surface area is 89.0 Å². The zero-order valence-electron chi connectivity index (χ0n) is 8.94. The van der Waals surface area contributed by atoms with Gasteiger partial charge in [0.1, 0.15) is 0 Å². The van der Waals surface area contributed by atoms with Crippen molar-refractivity contribution in [1.82, 2.24) is 9.55 Å². The molecule has 1 aromatic heterocycles. The Morgan fingerprint density at radius 1 is 1.40 bits per heavy atom. The maximum absolute atomic E-state index is 9.30. The number of imidazole rings is 1. The summed E-state index contributed by atoms with van der Waals surface area (Å²) in [7, 11) is 1.95. The number of aromatic nitrogens is 2. The third kappa shape index (κ3) is 1.78. The van der Waals surface area contributed by atoms with E-state index in [1.165, 1.54) is 0 Å². The monoisotopic (exact) mass is 202 g/mol. The Balaban J connectivity index is 2.58. The van der Waals surface area contributed by atoms with Gasteiger partial charge in [-0.15, -0.1) is 0 Å². The molecule has 0 aliphatic carbocycles. The van der Waals surface area contributed by atoms with Crippen LogP contribution in [0.25, 0.3) is 11.3 Å². The minimum atomic E-state index is 0.0577. The molecule has 0 radical (unpaired) electrons. The van der Waals surface area contributed by atoms with Gasteiger partial charge in [0, 0.05) is 12.6 Å². The molecule has 3 heteroatoms. The van der Waals surface area contributed by atoms with E-state index in [0.29, 0.717) is 0 Å². The van der Waals surface area contributed by atoms with Gasteiger partial charge in [0.25, 0.3) is 0 Å². The van der Waals surface area contributed by atoms with Crippen molar-refractivity contribution >= 4 is 0 Å². The topological polar surface area (TPSA) is 38.0 Å². The van der Waals surface area contributed by atoms with E-state index in [1.54, 1.807) is 6.33 Å². The van der Waals surface area contributed by atoms with Crippen molar-refractivity contribution in [3.8, 4) is 11.3 Å². The molecule has 78 valence electrons. The molecular formula is C12H14N2O. The average molecular weight is 202 g/mol. The molecule has 0 bridgehead atoms. The van der Waals surface area contributed by atoms with Crippen LogP contribution in [0, 0.1) is 6.92 Å². The molecule has 0 fully saturated rings. The molecule has 0 aliphatic rings.